The van der Waals surface area contributed by atoms with E-state index in [1.54, 1.807) is 12.1 Å². The Morgan fingerprint density at radius 2 is 1.51 bits per heavy atom. The molecular formula is C34H37F4N9. The van der Waals surface area contributed by atoms with Crippen LogP contribution >= 0.6 is 0 Å². The number of nitrogens with two attached hydrogens (primary N) is 1. The standard InChI is InChI=1S/C34H37F4N9/c35-27-19-24(7-8-28(27)45-17-11-25(12-18-45)44-13-1-2-14-44)40-33-42-32(39)47(43-33)29-20-26(21-3-5-23(6-4-21)34(36,37)38)31-30(41-29)22-9-15-46(31)16-10-22/h3-8,19-20,22,25H,1-2,9-18H2,(H3,39,40,42,43). The maximum absolute atomic E-state index is 15.4. The van der Waals surface area contributed by atoms with Gasteiger partial charge in [0.05, 0.1) is 22.6 Å². The summed E-state index contributed by atoms with van der Waals surface area (Å²) in [6.45, 7) is 5.75. The molecule has 0 atom stereocenters. The third-order valence-electron chi connectivity index (χ3n) is 10.2. The normalized spacial score (nSPS) is 19.1. The van der Waals surface area contributed by atoms with Crippen LogP contribution in [0.1, 0.15) is 55.7 Å². The number of hydrogen-bond acceptors (Lipinski definition) is 8. The van der Waals surface area contributed by atoms with Gasteiger partial charge in [0.1, 0.15) is 5.82 Å². The number of anilines is 5. The number of hydrogen-bond donors (Lipinski definition) is 2. The second-order valence-electron chi connectivity index (χ2n) is 13.1. The monoisotopic (exact) mass is 647 g/mol. The number of rotatable bonds is 6. The Labute approximate surface area is 270 Å². The Kier molecular flexibility index (Phi) is 7.46. The molecule has 3 N–H and O–H groups in total. The van der Waals surface area contributed by atoms with E-state index in [1.165, 1.54) is 48.8 Å². The zero-order chi connectivity index (χ0) is 32.3. The SMILES string of the molecule is Nc1nc(Nc2ccc(N3CCC(N4CCCC4)CC3)c(F)c2)nn1-c1cc(-c2ccc(C(F)(F)F)cc2)c2c(n1)C1CCN2CC1. The van der Waals surface area contributed by atoms with Crippen LogP contribution in [0.4, 0.5) is 46.5 Å². The molecular weight excluding hydrogens is 610 g/mol. The van der Waals surface area contributed by atoms with Gasteiger partial charge in [-0.3, -0.25) is 0 Å². The number of halogens is 4. The van der Waals surface area contributed by atoms with Crippen molar-refractivity contribution in [3.05, 3.63) is 65.6 Å². The minimum absolute atomic E-state index is 0.0811. The lowest BCUT2D eigenvalue weighted by Crippen LogP contribution is -2.44. The van der Waals surface area contributed by atoms with E-state index in [0.717, 1.165) is 80.9 Å². The van der Waals surface area contributed by atoms with E-state index in [9.17, 15) is 13.2 Å². The van der Waals surface area contributed by atoms with Gasteiger partial charge in [-0.05, 0) is 93.6 Å². The van der Waals surface area contributed by atoms with Crippen molar-refractivity contribution < 1.29 is 17.6 Å². The highest BCUT2D eigenvalue weighted by molar-refractivity contribution is 5.83. The van der Waals surface area contributed by atoms with Crippen LogP contribution in [0.25, 0.3) is 16.9 Å². The predicted molar refractivity (Wildman–Crippen MR) is 174 cm³/mol. The van der Waals surface area contributed by atoms with Crippen LogP contribution in [0, 0.1) is 5.82 Å². The van der Waals surface area contributed by atoms with Crippen LogP contribution in [0.15, 0.2) is 48.5 Å². The fraction of sp³-hybridized carbons (Fsp3) is 0.441. The Morgan fingerprint density at radius 1 is 0.809 bits per heavy atom. The van der Waals surface area contributed by atoms with E-state index >= 15 is 4.39 Å². The Morgan fingerprint density at radius 3 is 2.19 bits per heavy atom. The van der Waals surface area contributed by atoms with Crippen molar-refractivity contribution in [3.63, 3.8) is 0 Å². The van der Waals surface area contributed by atoms with E-state index in [0.29, 0.717) is 28.8 Å². The lowest BCUT2D eigenvalue weighted by Gasteiger charge is -2.42. The molecule has 0 spiro atoms. The highest BCUT2D eigenvalue weighted by Gasteiger charge is 2.36. The summed E-state index contributed by atoms with van der Waals surface area (Å²) in [6.07, 6.45) is 2.10. The van der Waals surface area contributed by atoms with Crippen LogP contribution in [-0.4, -0.2) is 70.0 Å². The summed E-state index contributed by atoms with van der Waals surface area (Å²) >= 11 is 0. The zero-order valence-electron chi connectivity index (χ0n) is 26.0. The molecule has 5 aliphatic rings. The van der Waals surface area contributed by atoms with Crippen molar-refractivity contribution in [1.82, 2.24) is 24.6 Å². The maximum Gasteiger partial charge on any atom is 0.416 e. The van der Waals surface area contributed by atoms with Crippen LogP contribution in [0.3, 0.4) is 0 Å². The molecule has 5 aliphatic heterocycles. The smallest absolute Gasteiger partial charge is 0.370 e. The number of nitrogen functional groups attached to an aromatic ring is 1. The molecule has 0 unspecified atom stereocenters. The molecule has 3 saturated heterocycles. The average Bonchev–Trinajstić information content (AvgIpc) is 3.75. The number of fused-ring (bicyclic) bond motifs is 2. The molecule has 9 nitrogen and oxygen atoms in total. The fourth-order valence-electron chi connectivity index (χ4n) is 7.80. The van der Waals surface area contributed by atoms with Crippen LogP contribution in [0.2, 0.25) is 0 Å². The Hall–Kier alpha value is -4.39. The van der Waals surface area contributed by atoms with Crippen molar-refractivity contribution in [1.29, 1.82) is 0 Å². The molecule has 3 fully saturated rings. The van der Waals surface area contributed by atoms with Crippen molar-refractivity contribution in [2.45, 2.75) is 56.7 Å². The predicted octanol–water partition coefficient (Wildman–Crippen LogP) is 6.58. The molecule has 2 aromatic carbocycles. The number of piperidine rings is 2. The molecule has 0 amide bonds. The molecule has 2 bridgehead atoms. The molecule has 47 heavy (non-hydrogen) atoms. The first-order chi connectivity index (χ1) is 22.7. The highest BCUT2D eigenvalue weighted by Crippen LogP contribution is 2.47. The second-order valence-corrected chi connectivity index (χ2v) is 13.1. The molecule has 0 saturated carbocycles. The van der Waals surface area contributed by atoms with Gasteiger partial charge in [0.2, 0.25) is 11.9 Å². The molecule has 0 aliphatic carbocycles. The van der Waals surface area contributed by atoms with Gasteiger partial charge < -0.3 is 25.8 Å². The average molecular weight is 648 g/mol. The summed E-state index contributed by atoms with van der Waals surface area (Å²) in [5.41, 5.74) is 9.98. The first-order valence-electron chi connectivity index (χ1n) is 16.5. The van der Waals surface area contributed by atoms with Crippen LogP contribution in [0.5, 0.6) is 0 Å². The van der Waals surface area contributed by atoms with Gasteiger partial charge in [-0.25, -0.2) is 9.37 Å². The lowest BCUT2D eigenvalue weighted by atomic mass is 9.84. The van der Waals surface area contributed by atoms with Gasteiger partial charge in [0, 0.05) is 49.4 Å². The quantitative estimate of drug-likeness (QED) is 0.227. The second kappa shape index (κ2) is 11.7. The Balaban J connectivity index is 1.04. The van der Waals surface area contributed by atoms with Gasteiger partial charge in [-0.15, -0.1) is 5.10 Å². The summed E-state index contributed by atoms with van der Waals surface area (Å²) in [5, 5.41) is 7.64. The first kappa shape index (κ1) is 30.0. The van der Waals surface area contributed by atoms with Gasteiger partial charge in [0.25, 0.3) is 0 Å². The summed E-state index contributed by atoms with van der Waals surface area (Å²) in [7, 11) is 0. The number of pyridine rings is 1. The third kappa shape index (κ3) is 5.64. The summed E-state index contributed by atoms with van der Waals surface area (Å²) in [5.74, 6) is 0.603. The highest BCUT2D eigenvalue weighted by atomic mass is 19.4. The van der Waals surface area contributed by atoms with Crippen molar-refractivity contribution in [3.8, 4) is 16.9 Å². The van der Waals surface area contributed by atoms with E-state index in [2.05, 4.69) is 30.1 Å². The van der Waals surface area contributed by atoms with Crippen molar-refractivity contribution in [2.24, 2.45) is 0 Å². The molecule has 13 heteroatoms. The molecule has 7 heterocycles. The first-order valence-corrected chi connectivity index (χ1v) is 16.5. The summed E-state index contributed by atoms with van der Waals surface area (Å²) in [6, 6.07) is 12.6. The topological polar surface area (TPSA) is 91.4 Å². The molecule has 0 radical (unpaired) electrons. The number of benzene rings is 2. The number of alkyl halides is 3. The van der Waals surface area contributed by atoms with Crippen molar-refractivity contribution >= 4 is 29.0 Å². The molecule has 9 rings (SSSR count). The van der Waals surface area contributed by atoms with Gasteiger partial charge >= 0.3 is 6.18 Å². The summed E-state index contributed by atoms with van der Waals surface area (Å²) < 4.78 is 56.7. The third-order valence-corrected chi connectivity index (χ3v) is 10.2. The molecule has 4 aromatic rings. The summed E-state index contributed by atoms with van der Waals surface area (Å²) in [4.78, 5) is 16.3. The van der Waals surface area contributed by atoms with Gasteiger partial charge in [-0.1, -0.05) is 12.1 Å². The maximum atomic E-state index is 15.4. The van der Waals surface area contributed by atoms with E-state index in [1.807, 2.05) is 6.07 Å². The molecule has 2 aromatic heterocycles. The van der Waals surface area contributed by atoms with E-state index < -0.39 is 11.7 Å². The number of aromatic nitrogens is 4. The number of nitrogens with one attached hydrogen (secondary N) is 1. The van der Waals surface area contributed by atoms with E-state index in [4.69, 9.17) is 10.7 Å². The van der Waals surface area contributed by atoms with Gasteiger partial charge in [-0.2, -0.15) is 22.8 Å². The minimum Gasteiger partial charge on any atom is -0.370 e. The molecule has 246 valence electrons. The number of nitrogens with zero attached hydrogens (tertiary/aromatic N) is 7. The number of likely N-dealkylation sites (tertiary alicyclic amines) is 1. The van der Waals surface area contributed by atoms with Gasteiger partial charge in [0.15, 0.2) is 5.82 Å². The van der Waals surface area contributed by atoms with Crippen LogP contribution in [-0.2, 0) is 6.18 Å². The van der Waals surface area contributed by atoms with Crippen LogP contribution < -0.4 is 20.9 Å². The van der Waals surface area contributed by atoms with Crippen molar-refractivity contribution in [2.75, 3.05) is 60.1 Å². The lowest BCUT2D eigenvalue weighted by molar-refractivity contribution is -0.137. The Bertz CT molecular complexity index is 1770. The fourth-order valence-corrected chi connectivity index (χ4v) is 7.80. The minimum atomic E-state index is -4.42. The largest absolute Gasteiger partial charge is 0.416 e. The zero-order valence-corrected chi connectivity index (χ0v) is 26.0. The van der Waals surface area contributed by atoms with E-state index in [-0.39, 0.29) is 23.6 Å².